The Morgan fingerprint density at radius 1 is 0.919 bits per heavy atom. The van der Waals surface area contributed by atoms with E-state index >= 15 is 0 Å². The Morgan fingerprint density at radius 3 is 2.35 bits per heavy atom. The first kappa shape index (κ1) is 25.1. The Kier molecular flexibility index (Phi) is 7.63. The highest BCUT2D eigenvalue weighted by molar-refractivity contribution is 6.00. The zero-order chi connectivity index (χ0) is 25.8. The lowest BCUT2D eigenvalue weighted by Gasteiger charge is -2.39. The van der Waals surface area contributed by atoms with E-state index in [1.54, 1.807) is 7.11 Å². The minimum atomic E-state index is -0.298. The third-order valence-corrected chi connectivity index (χ3v) is 7.53. The molecule has 6 heteroatoms. The van der Waals surface area contributed by atoms with Gasteiger partial charge in [0.1, 0.15) is 18.3 Å². The molecule has 1 aliphatic carbocycles. The molecule has 2 aliphatic rings. The number of hydrogen-bond donors (Lipinski definition) is 0. The first-order valence-corrected chi connectivity index (χ1v) is 13.6. The van der Waals surface area contributed by atoms with Gasteiger partial charge in [-0.05, 0) is 61.2 Å². The molecule has 0 radical (unpaired) electrons. The molecule has 1 saturated carbocycles. The smallest absolute Gasteiger partial charge is 0.247 e. The molecule has 2 aromatic carbocycles. The van der Waals surface area contributed by atoms with E-state index in [1.807, 2.05) is 70.6 Å². The number of ether oxygens (including phenoxy) is 1. The zero-order valence-corrected chi connectivity index (χ0v) is 21.9. The summed E-state index contributed by atoms with van der Waals surface area (Å²) in [5, 5.41) is 0. The number of nitrogens with zero attached hydrogens (tertiary/aromatic N) is 3. The minimum absolute atomic E-state index is 0.0491. The second-order valence-electron chi connectivity index (χ2n) is 10.1. The van der Waals surface area contributed by atoms with Crippen LogP contribution in [-0.4, -0.2) is 41.0 Å². The molecule has 1 atom stereocenters. The molecule has 194 valence electrons. The van der Waals surface area contributed by atoms with Crippen LogP contribution in [-0.2, 0) is 9.59 Å². The lowest BCUT2D eigenvalue weighted by atomic mass is 9.97. The van der Waals surface area contributed by atoms with Crippen molar-refractivity contribution in [2.45, 2.75) is 70.4 Å². The largest absolute Gasteiger partial charge is 0.497 e. The summed E-state index contributed by atoms with van der Waals surface area (Å²) in [5.41, 5.74) is 3.86. The van der Waals surface area contributed by atoms with Gasteiger partial charge in [0.25, 0.3) is 0 Å². The van der Waals surface area contributed by atoms with Gasteiger partial charge in [-0.25, -0.2) is 0 Å². The van der Waals surface area contributed by atoms with Crippen LogP contribution in [0.5, 0.6) is 5.75 Å². The van der Waals surface area contributed by atoms with Gasteiger partial charge in [-0.1, -0.05) is 56.9 Å². The summed E-state index contributed by atoms with van der Waals surface area (Å²) in [7, 11) is 1.65. The van der Waals surface area contributed by atoms with Gasteiger partial charge in [-0.2, -0.15) is 0 Å². The highest BCUT2D eigenvalue weighted by Gasteiger charge is 2.39. The summed E-state index contributed by atoms with van der Waals surface area (Å²) < 4.78 is 7.54. The van der Waals surface area contributed by atoms with Crippen molar-refractivity contribution in [3.8, 4) is 11.4 Å². The van der Waals surface area contributed by atoms with E-state index in [9.17, 15) is 9.59 Å². The zero-order valence-electron chi connectivity index (χ0n) is 21.9. The highest BCUT2D eigenvalue weighted by Crippen LogP contribution is 2.43. The van der Waals surface area contributed by atoms with Crippen molar-refractivity contribution in [3.63, 3.8) is 0 Å². The third kappa shape index (κ3) is 5.29. The number of rotatable bonds is 11. The van der Waals surface area contributed by atoms with Crippen LogP contribution in [0.3, 0.4) is 0 Å². The van der Waals surface area contributed by atoms with Gasteiger partial charge in [-0.15, -0.1) is 0 Å². The Morgan fingerprint density at radius 2 is 1.65 bits per heavy atom. The summed E-state index contributed by atoms with van der Waals surface area (Å²) in [6, 6.07) is 19.9. The molecule has 1 unspecified atom stereocenters. The van der Waals surface area contributed by atoms with Crippen molar-refractivity contribution in [1.29, 1.82) is 0 Å². The van der Waals surface area contributed by atoms with Crippen LogP contribution in [0, 0.1) is 0 Å². The summed E-state index contributed by atoms with van der Waals surface area (Å²) in [4.78, 5) is 31.1. The normalized spacial score (nSPS) is 16.2. The van der Waals surface area contributed by atoms with Crippen LogP contribution in [0.2, 0.25) is 0 Å². The molecule has 37 heavy (non-hydrogen) atoms. The number of unbranched alkanes of at least 4 members (excludes halogenated alkanes) is 4. The van der Waals surface area contributed by atoms with E-state index in [1.165, 1.54) is 19.3 Å². The maximum Gasteiger partial charge on any atom is 0.247 e. The van der Waals surface area contributed by atoms with Gasteiger partial charge in [0.15, 0.2) is 0 Å². The van der Waals surface area contributed by atoms with E-state index in [0.717, 1.165) is 54.1 Å². The second kappa shape index (κ2) is 11.2. The highest BCUT2D eigenvalue weighted by atomic mass is 16.5. The number of hydrogen-bond acceptors (Lipinski definition) is 3. The monoisotopic (exact) mass is 499 g/mol. The van der Waals surface area contributed by atoms with Crippen LogP contribution in [0.4, 0.5) is 5.69 Å². The number of aromatic nitrogens is 1. The van der Waals surface area contributed by atoms with Crippen molar-refractivity contribution in [3.05, 3.63) is 78.1 Å². The molecule has 2 heterocycles. The molecule has 0 spiro atoms. The maximum atomic E-state index is 14.2. The molecule has 1 aromatic heterocycles. The van der Waals surface area contributed by atoms with E-state index in [2.05, 4.69) is 17.6 Å². The number of amides is 2. The first-order chi connectivity index (χ1) is 18.1. The minimum Gasteiger partial charge on any atom is -0.497 e. The van der Waals surface area contributed by atoms with E-state index in [-0.39, 0.29) is 30.4 Å². The van der Waals surface area contributed by atoms with Crippen molar-refractivity contribution in [2.24, 2.45) is 0 Å². The molecule has 6 nitrogen and oxygen atoms in total. The fourth-order valence-corrected chi connectivity index (χ4v) is 5.42. The molecule has 0 N–H and O–H groups in total. The van der Waals surface area contributed by atoms with Crippen LogP contribution >= 0.6 is 0 Å². The van der Waals surface area contributed by atoms with Crippen molar-refractivity contribution < 1.29 is 14.3 Å². The summed E-state index contributed by atoms with van der Waals surface area (Å²) >= 11 is 0. The lowest BCUT2D eigenvalue weighted by Crippen LogP contribution is -2.47. The van der Waals surface area contributed by atoms with Gasteiger partial charge < -0.3 is 14.2 Å². The fraction of sp³-hybridized carbons (Fsp3) is 0.419. The average Bonchev–Trinajstić information content (AvgIpc) is 3.65. The fourth-order valence-electron chi connectivity index (χ4n) is 5.42. The van der Waals surface area contributed by atoms with Crippen molar-refractivity contribution in [1.82, 2.24) is 9.47 Å². The predicted molar refractivity (Wildman–Crippen MR) is 146 cm³/mol. The quantitative estimate of drug-likeness (QED) is 0.292. The molecule has 1 fully saturated rings. The molecular weight excluding hydrogens is 462 g/mol. The van der Waals surface area contributed by atoms with Gasteiger partial charge in [0.05, 0.1) is 24.2 Å². The molecule has 2 amide bonds. The topological polar surface area (TPSA) is 54.8 Å². The maximum absolute atomic E-state index is 14.2. The summed E-state index contributed by atoms with van der Waals surface area (Å²) in [6.07, 6.45) is 10.1. The Labute approximate surface area is 219 Å². The van der Waals surface area contributed by atoms with Crippen LogP contribution < -0.4 is 9.64 Å². The standard InChI is InChI=1S/C31H37N3O3/c1-3-4-5-6-7-14-29(35)33(24-17-18-24)22-30(36)34-27-12-9-8-11-26(27)32-21-10-13-28(32)31(34)23-15-19-25(37-2)20-16-23/h8-13,15-16,19-21,24,31H,3-7,14,17-18,22H2,1-2H3. The average molecular weight is 500 g/mol. The van der Waals surface area contributed by atoms with Gasteiger partial charge in [0, 0.05) is 18.7 Å². The molecule has 0 saturated heterocycles. The number of carbonyl (C=O) groups excluding carboxylic acids is 2. The first-order valence-electron chi connectivity index (χ1n) is 13.6. The number of carbonyl (C=O) groups is 2. The predicted octanol–water partition coefficient (Wildman–Crippen LogP) is 6.27. The summed E-state index contributed by atoms with van der Waals surface area (Å²) in [6.45, 7) is 2.31. The van der Waals surface area contributed by atoms with Gasteiger partial charge >= 0.3 is 0 Å². The Hall–Kier alpha value is -3.54. The number of methoxy groups -OCH3 is 1. The van der Waals surface area contributed by atoms with Crippen molar-refractivity contribution >= 4 is 17.5 Å². The molecular formula is C31H37N3O3. The van der Waals surface area contributed by atoms with E-state index in [0.29, 0.717) is 6.42 Å². The molecule has 3 aromatic rings. The van der Waals surface area contributed by atoms with E-state index < -0.39 is 0 Å². The lowest BCUT2D eigenvalue weighted by molar-refractivity contribution is -0.136. The van der Waals surface area contributed by atoms with Gasteiger partial charge in [-0.3, -0.25) is 14.5 Å². The second-order valence-corrected chi connectivity index (χ2v) is 10.1. The molecule has 0 bridgehead atoms. The summed E-state index contributed by atoms with van der Waals surface area (Å²) in [5.74, 6) is 0.839. The van der Waals surface area contributed by atoms with Crippen LogP contribution in [0.1, 0.15) is 75.6 Å². The number of anilines is 1. The molecule has 5 rings (SSSR count). The Balaban J connectivity index is 1.44. The number of fused-ring (bicyclic) bond motifs is 3. The third-order valence-electron chi connectivity index (χ3n) is 7.53. The van der Waals surface area contributed by atoms with E-state index in [4.69, 9.17) is 4.74 Å². The number of para-hydroxylation sites is 2. The number of benzene rings is 2. The Bertz CT molecular complexity index is 1230. The van der Waals surface area contributed by atoms with Crippen LogP contribution in [0.15, 0.2) is 66.9 Å². The SMILES string of the molecule is CCCCCCCC(=O)N(CC(=O)N1c2ccccc2-n2cccc2C1c1ccc(OC)cc1)C1CC1. The molecule has 1 aliphatic heterocycles. The van der Waals surface area contributed by atoms with Crippen LogP contribution in [0.25, 0.3) is 5.69 Å². The van der Waals surface area contributed by atoms with Crippen molar-refractivity contribution in [2.75, 3.05) is 18.6 Å². The van der Waals surface area contributed by atoms with Gasteiger partial charge in [0.2, 0.25) is 11.8 Å².